The highest BCUT2D eigenvalue weighted by Gasteiger charge is 2.08. The highest BCUT2D eigenvalue weighted by molar-refractivity contribution is 9.10. The number of hydrogen-bond acceptors (Lipinski definition) is 1. The molecule has 0 fully saturated rings. The molecule has 1 atom stereocenters. The van der Waals surface area contributed by atoms with E-state index in [-0.39, 0.29) is 12.1 Å². The number of nitrogens with one attached hydrogen (secondary N) is 2. The summed E-state index contributed by atoms with van der Waals surface area (Å²) in [5, 5.41) is 5.83. The number of carbonyl (C=O) groups excluding carboxylic acids is 1. The quantitative estimate of drug-likeness (QED) is 0.754. The van der Waals surface area contributed by atoms with Crippen LogP contribution in [0.25, 0.3) is 0 Å². The third kappa shape index (κ3) is 6.62. The van der Waals surface area contributed by atoms with E-state index in [4.69, 9.17) is 0 Å². The van der Waals surface area contributed by atoms with E-state index >= 15 is 0 Å². The van der Waals surface area contributed by atoms with E-state index in [2.05, 4.69) is 40.4 Å². The van der Waals surface area contributed by atoms with Crippen LogP contribution in [0.1, 0.15) is 45.2 Å². The molecule has 0 saturated heterocycles. The number of halogens is 1. The number of urea groups is 1. The Balaban J connectivity index is 2.29. The van der Waals surface area contributed by atoms with Crippen molar-refractivity contribution in [2.75, 3.05) is 6.54 Å². The van der Waals surface area contributed by atoms with E-state index in [0.29, 0.717) is 5.92 Å². The molecule has 1 aromatic carbocycles. The van der Waals surface area contributed by atoms with Crippen LogP contribution in [-0.2, 0) is 0 Å². The maximum Gasteiger partial charge on any atom is 0.315 e. The van der Waals surface area contributed by atoms with Gasteiger partial charge >= 0.3 is 6.03 Å². The molecule has 0 aliphatic carbocycles. The van der Waals surface area contributed by atoms with Crippen LogP contribution >= 0.6 is 15.9 Å². The third-order valence-electron chi connectivity index (χ3n) is 2.96. The van der Waals surface area contributed by atoms with Crippen LogP contribution in [0.3, 0.4) is 0 Å². The van der Waals surface area contributed by atoms with Crippen molar-refractivity contribution >= 4 is 22.0 Å². The molecule has 2 amide bonds. The summed E-state index contributed by atoms with van der Waals surface area (Å²) in [6, 6.07) is 7.89. The summed E-state index contributed by atoms with van der Waals surface area (Å²) < 4.78 is 1.04. The molecule has 1 rings (SSSR count). The van der Waals surface area contributed by atoms with Crippen LogP contribution in [0.4, 0.5) is 4.79 Å². The van der Waals surface area contributed by atoms with Crippen molar-refractivity contribution in [3.63, 3.8) is 0 Å². The Bertz CT molecular complexity index is 390. The molecule has 3 nitrogen and oxygen atoms in total. The number of hydrogen-bond donors (Lipinski definition) is 2. The zero-order chi connectivity index (χ0) is 14.3. The third-order valence-corrected chi connectivity index (χ3v) is 3.49. The smallest absolute Gasteiger partial charge is 0.315 e. The van der Waals surface area contributed by atoms with E-state index in [0.717, 1.165) is 29.4 Å². The largest absolute Gasteiger partial charge is 0.338 e. The van der Waals surface area contributed by atoms with Crippen molar-refractivity contribution in [2.45, 2.75) is 39.7 Å². The van der Waals surface area contributed by atoms with Gasteiger partial charge < -0.3 is 10.6 Å². The van der Waals surface area contributed by atoms with Crippen molar-refractivity contribution in [1.29, 1.82) is 0 Å². The lowest BCUT2D eigenvalue weighted by Crippen LogP contribution is -2.37. The molecule has 0 bridgehead atoms. The molecule has 106 valence electrons. The Morgan fingerprint density at radius 3 is 2.42 bits per heavy atom. The summed E-state index contributed by atoms with van der Waals surface area (Å²) in [4.78, 5) is 11.7. The second kappa shape index (κ2) is 8.20. The van der Waals surface area contributed by atoms with Crippen molar-refractivity contribution in [2.24, 2.45) is 5.92 Å². The molecule has 1 unspecified atom stereocenters. The molecule has 4 heteroatoms. The number of amides is 2. The van der Waals surface area contributed by atoms with Gasteiger partial charge in [-0.2, -0.15) is 0 Å². The Labute approximate surface area is 124 Å². The highest BCUT2D eigenvalue weighted by atomic mass is 79.9. The van der Waals surface area contributed by atoms with Gasteiger partial charge in [-0.3, -0.25) is 0 Å². The molecule has 0 heterocycles. The van der Waals surface area contributed by atoms with Gasteiger partial charge in [0.25, 0.3) is 0 Å². The maximum atomic E-state index is 11.7. The summed E-state index contributed by atoms with van der Waals surface area (Å²) in [5.74, 6) is 0.687. The monoisotopic (exact) mass is 326 g/mol. The van der Waals surface area contributed by atoms with Crippen molar-refractivity contribution in [1.82, 2.24) is 10.6 Å². The van der Waals surface area contributed by atoms with Crippen LogP contribution in [0, 0.1) is 5.92 Å². The van der Waals surface area contributed by atoms with Crippen molar-refractivity contribution < 1.29 is 4.79 Å². The van der Waals surface area contributed by atoms with Gasteiger partial charge in [0.2, 0.25) is 0 Å². The Kier molecular flexibility index (Phi) is 6.92. The van der Waals surface area contributed by atoms with E-state index < -0.39 is 0 Å². The van der Waals surface area contributed by atoms with Gasteiger partial charge in [-0.05, 0) is 43.4 Å². The minimum Gasteiger partial charge on any atom is -0.338 e. The molecule has 0 saturated carbocycles. The fourth-order valence-electron chi connectivity index (χ4n) is 1.79. The first-order chi connectivity index (χ1) is 8.99. The van der Waals surface area contributed by atoms with Gasteiger partial charge in [0.05, 0.1) is 6.04 Å². The number of carbonyl (C=O) groups is 1. The number of rotatable bonds is 6. The summed E-state index contributed by atoms with van der Waals surface area (Å²) in [7, 11) is 0. The lowest BCUT2D eigenvalue weighted by Gasteiger charge is -2.15. The Morgan fingerprint density at radius 1 is 1.21 bits per heavy atom. The van der Waals surface area contributed by atoms with Gasteiger partial charge in [0.15, 0.2) is 0 Å². The van der Waals surface area contributed by atoms with Gasteiger partial charge in [-0.25, -0.2) is 4.79 Å². The highest BCUT2D eigenvalue weighted by Crippen LogP contribution is 2.16. The summed E-state index contributed by atoms with van der Waals surface area (Å²) in [6.07, 6.45) is 2.17. The molecule has 0 spiro atoms. The molecule has 2 N–H and O–H groups in total. The van der Waals surface area contributed by atoms with E-state index in [1.807, 2.05) is 31.2 Å². The topological polar surface area (TPSA) is 41.1 Å². The molecular weight excluding hydrogens is 304 g/mol. The molecule has 0 aromatic heterocycles. The standard InChI is InChI=1S/C15H23BrN2O/c1-11(2)5-4-10-17-15(19)18-12(3)13-6-8-14(16)9-7-13/h6-9,11-12H,4-5,10H2,1-3H3,(H2,17,18,19). The zero-order valence-corrected chi connectivity index (χ0v) is 13.5. The van der Waals surface area contributed by atoms with Crippen LogP contribution in [-0.4, -0.2) is 12.6 Å². The van der Waals surface area contributed by atoms with Crippen LogP contribution in [0.15, 0.2) is 28.7 Å². The lowest BCUT2D eigenvalue weighted by molar-refractivity contribution is 0.237. The zero-order valence-electron chi connectivity index (χ0n) is 11.9. The molecule has 1 aromatic rings. The van der Waals surface area contributed by atoms with Gasteiger partial charge in [-0.1, -0.05) is 41.9 Å². The summed E-state index contributed by atoms with van der Waals surface area (Å²) in [6.45, 7) is 7.10. The van der Waals surface area contributed by atoms with Gasteiger partial charge in [0.1, 0.15) is 0 Å². The Hall–Kier alpha value is -1.03. The normalized spacial score (nSPS) is 12.3. The average molecular weight is 327 g/mol. The fraction of sp³-hybridized carbons (Fsp3) is 0.533. The first-order valence-corrected chi connectivity index (χ1v) is 7.58. The second-order valence-electron chi connectivity index (χ2n) is 5.21. The first kappa shape index (κ1) is 16.0. The molecule has 0 aliphatic rings. The molecule has 19 heavy (non-hydrogen) atoms. The van der Waals surface area contributed by atoms with E-state index in [1.54, 1.807) is 0 Å². The predicted molar refractivity (Wildman–Crippen MR) is 83.2 cm³/mol. The van der Waals surface area contributed by atoms with Crippen LogP contribution in [0.2, 0.25) is 0 Å². The van der Waals surface area contributed by atoms with Crippen LogP contribution in [0.5, 0.6) is 0 Å². The minimum atomic E-state index is -0.0980. The van der Waals surface area contributed by atoms with E-state index in [9.17, 15) is 4.79 Å². The van der Waals surface area contributed by atoms with Crippen LogP contribution < -0.4 is 10.6 Å². The average Bonchev–Trinajstić information content (AvgIpc) is 2.35. The summed E-state index contributed by atoms with van der Waals surface area (Å²) >= 11 is 3.40. The molecular formula is C15H23BrN2O. The lowest BCUT2D eigenvalue weighted by atomic mass is 10.1. The molecule has 0 radical (unpaired) electrons. The maximum absolute atomic E-state index is 11.7. The Morgan fingerprint density at radius 2 is 1.84 bits per heavy atom. The predicted octanol–water partition coefficient (Wildman–Crippen LogP) is 4.25. The van der Waals surface area contributed by atoms with Crippen molar-refractivity contribution in [3.8, 4) is 0 Å². The number of benzene rings is 1. The summed E-state index contributed by atoms with van der Waals surface area (Å²) in [5.41, 5.74) is 1.10. The SMILES string of the molecule is CC(C)CCCNC(=O)NC(C)c1ccc(Br)cc1. The van der Waals surface area contributed by atoms with E-state index in [1.165, 1.54) is 0 Å². The first-order valence-electron chi connectivity index (χ1n) is 6.79. The second-order valence-corrected chi connectivity index (χ2v) is 6.13. The minimum absolute atomic E-state index is 0.0122. The van der Waals surface area contributed by atoms with Gasteiger partial charge in [-0.15, -0.1) is 0 Å². The van der Waals surface area contributed by atoms with Gasteiger partial charge in [0, 0.05) is 11.0 Å². The van der Waals surface area contributed by atoms with Crippen molar-refractivity contribution in [3.05, 3.63) is 34.3 Å². The fourth-order valence-corrected chi connectivity index (χ4v) is 2.06. The molecule has 0 aliphatic heterocycles.